The van der Waals surface area contributed by atoms with E-state index in [1.165, 1.54) is 6.07 Å². The van der Waals surface area contributed by atoms with Gasteiger partial charge in [-0.05, 0) is 57.6 Å². The van der Waals surface area contributed by atoms with Gasteiger partial charge in [0, 0.05) is 29.3 Å². The molecule has 0 aliphatic carbocycles. The predicted octanol–water partition coefficient (Wildman–Crippen LogP) is 3.53. The molecule has 36 heavy (non-hydrogen) atoms. The molecule has 0 saturated carbocycles. The van der Waals surface area contributed by atoms with E-state index in [1.807, 2.05) is 0 Å². The van der Waals surface area contributed by atoms with E-state index in [1.54, 1.807) is 17.9 Å². The number of hydrogen-bond acceptors (Lipinski definition) is 5. The maximum atomic E-state index is 14.2. The number of hydrogen-bond donors (Lipinski definition) is 2. The summed E-state index contributed by atoms with van der Waals surface area (Å²) in [7, 11) is 0. The number of amides is 2. The first-order valence-corrected chi connectivity index (χ1v) is 12.1. The van der Waals surface area contributed by atoms with Crippen molar-refractivity contribution < 1.29 is 31.9 Å². The number of carbonyl (C=O) groups excluding carboxylic acids is 2. The standard InChI is InChI=1S/C24H27F4N5O3/c1-12-6-17(18(25)10-29-12)19-9-20(32-31-19)23(35)33-15-3-4-16(33)8-13(7-15)22(34)30-14-2-5-21(36-11-14)24(26,27)28/h6,9-10,13-16,21H,2-5,7-8,11H2,1H3,(H,30,34)(H,31,32)/t13-,14-,15-,16+,21+/m0/s1. The van der Waals surface area contributed by atoms with Crippen LogP contribution in [0.1, 0.15) is 54.7 Å². The van der Waals surface area contributed by atoms with E-state index in [9.17, 15) is 27.2 Å². The number of aromatic nitrogens is 3. The fourth-order valence-electron chi connectivity index (χ4n) is 5.62. The molecule has 5 heterocycles. The van der Waals surface area contributed by atoms with E-state index in [0.29, 0.717) is 24.2 Å². The maximum Gasteiger partial charge on any atom is 0.414 e. The average molecular weight is 510 g/mol. The third kappa shape index (κ3) is 4.82. The largest absolute Gasteiger partial charge is 0.414 e. The van der Waals surface area contributed by atoms with Crippen molar-refractivity contribution in [2.24, 2.45) is 5.92 Å². The summed E-state index contributed by atoms with van der Waals surface area (Å²) in [6.45, 7) is 1.57. The Morgan fingerprint density at radius 3 is 2.50 bits per heavy atom. The highest BCUT2D eigenvalue weighted by molar-refractivity contribution is 5.94. The number of ether oxygens (including phenoxy) is 1. The fraction of sp³-hybridized carbons (Fsp3) is 0.583. The molecule has 5 atom stereocenters. The van der Waals surface area contributed by atoms with E-state index >= 15 is 0 Å². The molecular formula is C24H27F4N5O3. The van der Waals surface area contributed by atoms with Crippen molar-refractivity contribution in [3.8, 4) is 11.3 Å². The van der Waals surface area contributed by atoms with Gasteiger partial charge >= 0.3 is 6.18 Å². The second kappa shape index (κ2) is 9.45. The van der Waals surface area contributed by atoms with E-state index < -0.39 is 24.1 Å². The van der Waals surface area contributed by atoms with Crippen LogP contribution in [0, 0.1) is 18.7 Å². The Balaban J connectivity index is 1.20. The van der Waals surface area contributed by atoms with Crippen molar-refractivity contribution in [1.29, 1.82) is 0 Å². The number of aromatic amines is 1. The minimum Gasteiger partial charge on any atom is -0.367 e. The molecule has 3 aliphatic heterocycles. The first-order chi connectivity index (χ1) is 17.1. The molecule has 2 aromatic heterocycles. The van der Waals surface area contributed by atoms with Gasteiger partial charge in [-0.15, -0.1) is 0 Å². The van der Waals surface area contributed by atoms with E-state index in [-0.39, 0.29) is 60.5 Å². The van der Waals surface area contributed by atoms with Crippen LogP contribution in [0.3, 0.4) is 0 Å². The molecule has 0 aromatic carbocycles. The molecule has 0 unspecified atom stereocenters. The Kier molecular flexibility index (Phi) is 6.48. The molecule has 194 valence electrons. The number of nitrogens with one attached hydrogen (secondary N) is 2. The van der Waals surface area contributed by atoms with Gasteiger partial charge in [0.25, 0.3) is 5.91 Å². The van der Waals surface area contributed by atoms with Crippen LogP contribution in [0.15, 0.2) is 18.3 Å². The van der Waals surface area contributed by atoms with Crippen molar-refractivity contribution in [1.82, 2.24) is 25.4 Å². The van der Waals surface area contributed by atoms with Gasteiger partial charge in [0.15, 0.2) is 17.6 Å². The molecule has 5 rings (SSSR count). The van der Waals surface area contributed by atoms with Gasteiger partial charge in [0.05, 0.1) is 24.5 Å². The Labute approximate surface area is 204 Å². The number of fused-ring (bicyclic) bond motifs is 2. The highest BCUT2D eigenvalue weighted by atomic mass is 19.4. The first-order valence-electron chi connectivity index (χ1n) is 12.1. The predicted molar refractivity (Wildman–Crippen MR) is 119 cm³/mol. The summed E-state index contributed by atoms with van der Waals surface area (Å²) in [4.78, 5) is 31.9. The summed E-state index contributed by atoms with van der Waals surface area (Å²) in [5, 5.41) is 9.69. The summed E-state index contributed by atoms with van der Waals surface area (Å²) in [5.41, 5.74) is 1.47. The van der Waals surface area contributed by atoms with E-state index in [4.69, 9.17) is 4.74 Å². The fourth-order valence-corrected chi connectivity index (χ4v) is 5.62. The minimum atomic E-state index is -4.39. The SMILES string of the molecule is Cc1cc(-c2cc(C(=O)N3[C@@H]4CC[C@H]3C[C@H](C(=O)N[C@H]3CC[C@H](C(F)(F)F)OC3)C4)n[nH]2)c(F)cn1. The number of H-pyrrole nitrogens is 1. The van der Waals surface area contributed by atoms with Gasteiger partial charge in [-0.3, -0.25) is 19.7 Å². The monoisotopic (exact) mass is 509 g/mol. The quantitative estimate of drug-likeness (QED) is 0.615. The van der Waals surface area contributed by atoms with Crippen LogP contribution in [0.25, 0.3) is 11.3 Å². The molecule has 3 aliphatic rings. The topological polar surface area (TPSA) is 100 Å². The number of pyridine rings is 1. The van der Waals surface area contributed by atoms with Crippen LogP contribution in [0.4, 0.5) is 17.6 Å². The van der Waals surface area contributed by atoms with Gasteiger partial charge < -0.3 is 15.0 Å². The average Bonchev–Trinajstić information content (AvgIpc) is 3.42. The van der Waals surface area contributed by atoms with Crippen LogP contribution < -0.4 is 5.32 Å². The van der Waals surface area contributed by atoms with Crippen LogP contribution in [-0.4, -0.2) is 68.9 Å². The normalized spacial score (nSPS) is 28.2. The van der Waals surface area contributed by atoms with Gasteiger partial charge in [-0.2, -0.15) is 18.3 Å². The lowest BCUT2D eigenvalue weighted by molar-refractivity contribution is -0.232. The summed E-state index contributed by atoms with van der Waals surface area (Å²) in [6.07, 6.45) is -2.56. The highest BCUT2D eigenvalue weighted by Gasteiger charge is 2.47. The van der Waals surface area contributed by atoms with Crippen molar-refractivity contribution >= 4 is 11.8 Å². The highest BCUT2D eigenvalue weighted by Crippen LogP contribution is 2.40. The number of nitrogens with zero attached hydrogens (tertiary/aromatic N) is 3. The zero-order valence-corrected chi connectivity index (χ0v) is 19.6. The van der Waals surface area contributed by atoms with Gasteiger partial charge in [0.1, 0.15) is 0 Å². The Hall–Kier alpha value is -3.02. The van der Waals surface area contributed by atoms with Crippen molar-refractivity contribution in [2.45, 2.75) is 75.9 Å². The third-order valence-electron chi connectivity index (χ3n) is 7.40. The van der Waals surface area contributed by atoms with E-state index in [2.05, 4.69) is 20.5 Å². The zero-order chi connectivity index (χ0) is 25.6. The van der Waals surface area contributed by atoms with Crippen LogP contribution in [0.2, 0.25) is 0 Å². The summed E-state index contributed by atoms with van der Waals surface area (Å²) in [5.74, 6) is -1.32. The molecule has 3 saturated heterocycles. The lowest BCUT2D eigenvalue weighted by Crippen LogP contribution is -2.52. The molecule has 2 bridgehead atoms. The summed E-state index contributed by atoms with van der Waals surface area (Å²) < 4.78 is 57.5. The van der Waals surface area contributed by atoms with Crippen molar-refractivity contribution in [2.75, 3.05) is 6.61 Å². The maximum absolute atomic E-state index is 14.2. The molecule has 8 nitrogen and oxygen atoms in total. The number of rotatable bonds is 4. The number of aryl methyl sites for hydroxylation is 1. The van der Waals surface area contributed by atoms with E-state index in [0.717, 1.165) is 19.0 Å². The molecular weight excluding hydrogens is 482 g/mol. The molecule has 0 radical (unpaired) electrons. The smallest absolute Gasteiger partial charge is 0.367 e. The van der Waals surface area contributed by atoms with Gasteiger partial charge in [-0.25, -0.2) is 4.39 Å². The molecule has 0 spiro atoms. The first kappa shape index (κ1) is 24.7. The lowest BCUT2D eigenvalue weighted by Gasteiger charge is -2.39. The minimum absolute atomic E-state index is 0.135. The lowest BCUT2D eigenvalue weighted by atomic mass is 9.89. The Bertz CT molecular complexity index is 1130. The number of piperidine rings is 1. The second-order valence-electron chi connectivity index (χ2n) is 9.88. The van der Waals surface area contributed by atoms with Gasteiger partial charge in [0.2, 0.25) is 5.91 Å². The van der Waals surface area contributed by atoms with Crippen LogP contribution in [0.5, 0.6) is 0 Å². The third-order valence-corrected chi connectivity index (χ3v) is 7.40. The second-order valence-corrected chi connectivity index (χ2v) is 9.88. The number of alkyl halides is 3. The zero-order valence-electron chi connectivity index (χ0n) is 19.6. The Morgan fingerprint density at radius 1 is 1.14 bits per heavy atom. The Morgan fingerprint density at radius 2 is 1.86 bits per heavy atom. The van der Waals surface area contributed by atoms with Crippen molar-refractivity contribution in [3.63, 3.8) is 0 Å². The molecule has 2 amide bonds. The molecule has 3 fully saturated rings. The van der Waals surface area contributed by atoms with Crippen LogP contribution >= 0.6 is 0 Å². The molecule has 2 aromatic rings. The summed E-state index contributed by atoms with van der Waals surface area (Å²) in [6, 6.07) is 2.38. The summed E-state index contributed by atoms with van der Waals surface area (Å²) >= 11 is 0. The number of carbonyl (C=O) groups is 2. The van der Waals surface area contributed by atoms with Gasteiger partial charge in [-0.1, -0.05) is 0 Å². The number of halogens is 4. The molecule has 12 heteroatoms. The molecule has 2 N–H and O–H groups in total. The van der Waals surface area contributed by atoms with Crippen molar-refractivity contribution in [3.05, 3.63) is 35.5 Å². The van der Waals surface area contributed by atoms with Crippen LogP contribution in [-0.2, 0) is 9.53 Å².